The summed E-state index contributed by atoms with van der Waals surface area (Å²) in [5, 5.41) is 2.45. The summed E-state index contributed by atoms with van der Waals surface area (Å²) < 4.78 is 5.30. The Kier molecular flexibility index (Phi) is 2.73. The zero-order valence-electron chi connectivity index (χ0n) is 7.70. The maximum Gasteiger partial charge on any atom is 0.415 e. The van der Waals surface area contributed by atoms with Crippen molar-refractivity contribution in [3.05, 3.63) is 34.3 Å². The molecule has 5 heteroatoms. The van der Waals surface area contributed by atoms with E-state index in [4.69, 9.17) is 0 Å². The highest BCUT2D eigenvalue weighted by atomic mass is 79.9. The van der Waals surface area contributed by atoms with E-state index >= 15 is 0 Å². The quantitative estimate of drug-likeness (QED) is 0.656. The molecule has 1 atom stereocenters. The molecule has 1 amide bonds. The van der Waals surface area contributed by atoms with E-state index < -0.39 is 18.1 Å². The number of alkyl carbamates (subject to hydrolysis) is 1. The van der Waals surface area contributed by atoms with Gasteiger partial charge >= 0.3 is 12.1 Å². The van der Waals surface area contributed by atoms with Gasteiger partial charge in [-0.1, -0.05) is 34.1 Å². The molecule has 4 nitrogen and oxygen atoms in total. The lowest BCUT2D eigenvalue weighted by atomic mass is 10.1. The molecule has 2 rings (SSSR count). The largest absolute Gasteiger partial charge is 0.415 e. The third-order valence-corrected chi connectivity index (χ3v) is 2.93. The predicted molar refractivity (Wildman–Crippen MR) is 56.3 cm³/mol. The van der Waals surface area contributed by atoms with Crippen LogP contribution in [0.5, 0.6) is 0 Å². The lowest BCUT2D eigenvalue weighted by molar-refractivity contribution is -0.135. The van der Waals surface area contributed by atoms with E-state index in [2.05, 4.69) is 26.0 Å². The second-order valence-electron chi connectivity index (χ2n) is 3.20. The van der Waals surface area contributed by atoms with Gasteiger partial charge in [-0.15, -0.1) is 0 Å². The van der Waals surface area contributed by atoms with Crippen LogP contribution in [0.25, 0.3) is 0 Å². The number of cyclic esters (lactones) is 2. The molecular weight excluding hydrogens is 262 g/mol. The fourth-order valence-electron chi connectivity index (χ4n) is 1.41. The van der Waals surface area contributed by atoms with Gasteiger partial charge in [0.25, 0.3) is 0 Å². The maximum absolute atomic E-state index is 11.2. The first-order chi connectivity index (χ1) is 7.16. The molecule has 0 aliphatic carbocycles. The molecule has 1 saturated heterocycles. The number of carbonyl (C=O) groups is 2. The minimum Gasteiger partial charge on any atom is -0.375 e. The van der Waals surface area contributed by atoms with Crippen LogP contribution in [0.4, 0.5) is 4.79 Å². The normalized spacial score (nSPS) is 19.9. The Hall–Kier alpha value is -1.36. The van der Waals surface area contributed by atoms with Crippen LogP contribution in [0.1, 0.15) is 5.56 Å². The standard InChI is InChI=1S/C10H8BrNO3/c11-7-4-2-1-3-6(7)5-8-9(13)15-10(14)12-8/h1-4,8H,5H2,(H,12,14). The first kappa shape index (κ1) is 10.2. The van der Waals surface area contributed by atoms with Crippen molar-refractivity contribution in [1.82, 2.24) is 5.32 Å². The highest BCUT2D eigenvalue weighted by Crippen LogP contribution is 2.18. The molecule has 0 saturated carbocycles. The summed E-state index contributed by atoms with van der Waals surface area (Å²) in [5.41, 5.74) is 0.960. The van der Waals surface area contributed by atoms with Crippen molar-refractivity contribution in [2.24, 2.45) is 0 Å². The van der Waals surface area contributed by atoms with E-state index in [1.165, 1.54) is 0 Å². The summed E-state index contributed by atoms with van der Waals surface area (Å²) in [5.74, 6) is -0.518. The first-order valence-electron chi connectivity index (χ1n) is 4.42. The molecule has 1 aromatic carbocycles. The van der Waals surface area contributed by atoms with Gasteiger partial charge < -0.3 is 10.1 Å². The molecule has 1 heterocycles. The summed E-state index contributed by atoms with van der Waals surface area (Å²) in [6.07, 6.45) is -0.233. The number of halogens is 1. The third-order valence-electron chi connectivity index (χ3n) is 2.15. The second kappa shape index (κ2) is 4.02. The van der Waals surface area contributed by atoms with Crippen molar-refractivity contribution in [1.29, 1.82) is 0 Å². The third kappa shape index (κ3) is 2.18. The molecule has 1 aliphatic rings. The van der Waals surface area contributed by atoms with Crippen LogP contribution in [0.15, 0.2) is 28.7 Å². The molecule has 0 aromatic heterocycles. The van der Waals surface area contributed by atoms with Gasteiger partial charge in [0.2, 0.25) is 0 Å². The number of ether oxygens (including phenoxy) is 1. The van der Waals surface area contributed by atoms with Gasteiger partial charge in [0.1, 0.15) is 6.04 Å². The number of hydrogen-bond donors (Lipinski definition) is 1. The van der Waals surface area contributed by atoms with E-state index in [9.17, 15) is 9.59 Å². The summed E-state index contributed by atoms with van der Waals surface area (Å²) in [4.78, 5) is 22.0. The smallest absolute Gasteiger partial charge is 0.375 e. The Bertz CT molecular complexity index is 419. The van der Waals surface area contributed by atoms with Gasteiger partial charge in [0.15, 0.2) is 0 Å². The molecule has 1 N–H and O–H groups in total. The number of esters is 1. The van der Waals surface area contributed by atoms with E-state index in [1.807, 2.05) is 24.3 Å². The summed E-state index contributed by atoms with van der Waals surface area (Å²) >= 11 is 3.37. The van der Waals surface area contributed by atoms with Crippen LogP contribution >= 0.6 is 15.9 Å². The van der Waals surface area contributed by atoms with Crippen LogP contribution in [-0.4, -0.2) is 18.1 Å². The van der Waals surface area contributed by atoms with Gasteiger partial charge in [-0.2, -0.15) is 0 Å². The van der Waals surface area contributed by atoms with Gasteiger partial charge in [0.05, 0.1) is 0 Å². The van der Waals surface area contributed by atoms with E-state index in [1.54, 1.807) is 0 Å². The van der Waals surface area contributed by atoms with Crippen molar-refractivity contribution in [3.8, 4) is 0 Å². The Labute approximate surface area is 94.7 Å². The highest BCUT2D eigenvalue weighted by molar-refractivity contribution is 9.10. The number of carbonyl (C=O) groups excluding carboxylic acids is 2. The van der Waals surface area contributed by atoms with Crippen molar-refractivity contribution in [3.63, 3.8) is 0 Å². The average molecular weight is 270 g/mol. The summed E-state index contributed by atoms with van der Waals surface area (Å²) in [6, 6.07) is 6.97. The maximum atomic E-state index is 11.2. The molecule has 78 valence electrons. The molecular formula is C10H8BrNO3. The van der Waals surface area contributed by atoms with Crippen LogP contribution < -0.4 is 5.32 Å². The Morgan fingerprint density at radius 3 is 2.67 bits per heavy atom. The van der Waals surface area contributed by atoms with E-state index in [0.29, 0.717) is 6.42 Å². The molecule has 1 fully saturated rings. The molecule has 1 aliphatic heterocycles. The Balaban J connectivity index is 2.13. The van der Waals surface area contributed by atoms with Gasteiger partial charge in [0, 0.05) is 10.9 Å². The van der Waals surface area contributed by atoms with Crippen LogP contribution in [0.3, 0.4) is 0 Å². The zero-order valence-corrected chi connectivity index (χ0v) is 9.28. The summed E-state index contributed by atoms with van der Waals surface area (Å²) in [6.45, 7) is 0. The van der Waals surface area contributed by atoms with Gasteiger partial charge in [-0.05, 0) is 11.6 Å². The van der Waals surface area contributed by atoms with Crippen molar-refractivity contribution in [2.45, 2.75) is 12.5 Å². The SMILES string of the molecule is O=C1NC(Cc2ccccc2Br)C(=O)O1. The highest BCUT2D eigenvalue weighted by Gasteiger charge is 2.32. The number of hydrogen-bond acceptors (Lipinski definition) is 3. The lowest BCUT2D eigenvalue weighted by Gasteiger charge is -2.07. The fraction of sp³-hybridized carbons (Fsp3) is 0.200. The predicted octanol–water partition coefficient (Wildman–Crippen LogP) is 1.63. The fourth-order valence-corrected chi connectivity index (χ4v) is 1.86. The first-order valence-corrected chi connectivity index (χ1v) is 5.21. The molecule has 1 unspecified atom stereocenters. The topological polar surface area (TPSA) is 55.4 Å². The molecule has 1 aromatic rings. The van der Waals surface area contributed by atoms with Crippen molar-refractivity contribution in [2.75, 3.05) is 0 Å². The van der Waals surface area contributed by atoms with Crippen LogP contribution in [-0.2, 0) is 16.0 Å². The van der Waals surface area contributed by atoms with Gasteiger partial charge in [-0.3, -0.25) is 0 Å². The number of nitrogens with one attached hydrogen (secondary N) is 1. The van der Waals surface area contributed by atoms with Crippen molar-refractivity contribution >= 4 is 28.0 Å². The Morgan fingerprint density at radius 1 is 1.33 bits per heavy atom. The zero-order chi connectivity index (χ0) is 10.8. The summed E-state index contributed by atoms with van der Waals surface area (Å²) in [7, 11) is 0. The van der Waals surface area contributed by atoms with E-state index in [0.717, 1.165) is 10.0 Å². The second-order valence-corrected chi connectivity index (χ2v) is 4.06. The number of benzene rings is 1. The van der Waals surface area contributed by atoms with Gasteiger partial charge in [-0.25, -0.2) is 9.59 Å². The minimum absolute atomic E-state index is 0.437. The van der Waals surface area contributed by atoms with Crippen LogP contribution in [0.2, 0.25) is 0 Å². The number of rotatable bonds is 2. The average Bonchev–Trinajstić information content (AvgIpc) is 2.49. The van der Waals surface area contributed by atoms with Crippen LogP contribution in [0, 0.1) is 0 Å². The molecule has 15 heavy (non-hydrogen) atoms. The molecule has 0 radical (unpaired) electrons. The van der Waals surface area contributed by atoms with E-state index in [-0.39, 0.29) is 0 Å². The monoisotopic (exact) mass is 269 g/mol. The number of amides is 1. The lowest BCUT2D eigenvalue weighted by Crippen LogP contribution is -2.30. The molecule has 0 spiro atoms. The minimum atomic E-state index is -0.669. The Morgan fingerprint density at radius 2 is 2.07 bits per heavy atom. The van der Waals surface area contributed by atoms with Crippen molar-refractivity contribution < 1.29 is 14.3 Å². The molecule has 0 bridgehead atoms.